The van der Waals surface area contributed by atoms with Gasteiger partial charge >= 0.3 is 0 Å². The van der Waals surface area contributed by atoms with E-state index < -0.39 is 21.8 Å². The van der Waals surface area contributed by atoms with Crippen LogP contribution in [0, 0.1) is 13.8 Å². The average Bonchev–Trinajstić information content (AvgIpc) is 2.94. The van der Waals surface area contributed by atoms with Crippen molar-refractivity contribution in [3.8, 4) is 5.75 Å². The van der Waals surface area contributed by atoms with Gasteiger partial charge in [0.2, 0.25) is 5.91 Å². The quantitative estimate of drug-likeness (QED) is 0.453. The van der Waals surface area contributed by atoms with E-state index in [0.29, 0.717) is 43.1 Å². The summed E-state index contributed by atoms with van der Waals surface area (Å²) in [6.45, 7) is 6.37. The van der Waals surface area contributed by atoms with Crippen LogP contribution >= 0.6 is 0 Å². The number of anilines is 3. The molecule has 9 nitrogen and oxygen atoms in total. The molecule has 5 rings (SSSR count). The van der Waals surface area contributed by atoms with Crippen molar-refractivity contribution >= 4 is 38.7 Å². The van der Waals surface area contributed by atoms with Gasteiger partial charge in [-0.25, -0.2) is 8.42 Å². The molecule has 2 amide bonds. The van der Waals surface area contributed by atoms with E-state index in [0.717, 1.165) is 28.1 Å². The SMILES string of the molecule is COc1ccc(N2CCN(C(=O)c3ccc4c(c3)NC(=O)[C@H](CS(=O)(=O)Cc3cc(C)ccc3C)N4)CC2)cc1. The summed E-state index contributed by atoms with van der Waals surface area (Å²) >= 11 is 0. The molecular weight excluding hydrogens is 528 g/mol. The molecule has 1 saturated heterocycles. The van der Waals surface area contributed by atoms with Crippen LogP contribution in [0.3, 0.4) is 0 Å². The van der Waals surface area contributed by atoms with Crippen LogP contribution in [0.4, 0.5) is 17.1 Å². The lowest BCUT2D eigenvalue weighted by molar-refractivity contribution is -0.116. The Hall–Kier alpha value is -4.05. The minimum atomic E-state index is -3.57. The molecule has 1 atom stereocenters. The van der Waals surface area contributed by atoms with Gasteiger partial charge in [0.15, 0.2) is 9.84 Å². The minimum absolute atomic E-state index is 0.107. The number of rotatable bonds is 7. The van der Waals surface area contributed by atoms with E-state index in [2.05, 4.69) is 15.5 Å². The Kier molecular flexibility index (Phi) is 7.71. The van der Waals surface area contributed by atoms with Crippen molar-refractivity contribution in [2.45, 2.75) is 25.6 Å². The standard InChI is InChI=1S/C30H34N4O5S/c1-20-4-5-21(2)23(16-20)18-40(37,38)19-28-29(35)32-27-17-22(6-11-26(27)31-28)30(36)34-14-12-33(13-15-34)24-7-9-25(39-3)10-8-24/h4-11,16-17,28,31H,12-15,18-19H2,1-3H3,(H,32,35)/t28-/m0/s1. The molecule has 2 aliphatic rings. The van der Waals surface area contributed by atoms with Crippen molar-refractivity contribution in [2.24, 2.45) is 0 Å². The number of nitrogens with zero attached hydrogens (tertiary/aromatic N) is 2. The lowest BCUT2D eigenvalue weighted by Gasteiger charge is -2.36. The van der Waals surface area contributed by atoms with Crippen LogP contribution in [0.5, 0.6) is 5.75 Å². The summed E-state index contributed by atoms with van der Waals surface area (Å²) < 4.78 is 31.2. The van der Waals surface area contributed by atoms with Crippen molar-refractivity contribution in [3.05, 3.63) is 82.9 Å². The number of hydrogen-bond acceptors (Lipinski definition) is 7. The Morgan fingerprint density at radius 3 is 2.38 bits per heavy atom. The van der Waals surface area contributed by atoms with Gasteiger partial charge in [0, 0.05) is 37.4 Å². The van der Waals surface area contributed by atoms with Crippen molar-refractivity contribution in [1.82, 2.24) is 4.90 Å². The van der Waals surface area contributed by atoms with Crippen molar-refractivity contribution < 1.29 is 22.7 Å². The molecule has 2 heterocycles. The minimum Gasteiger partial charge on any atom is -0.497 e. The average molecular weight is 563 g/mol. The predicted molar refractivity (Wildman–Crippen MR) is 157 cm³/mol. The fraction of sp³-hybridized carbons (Fsp3) is 0.333. The van der Waals surface area contributed by atoms with Crippen LogP contribution in [0.15, 0.2) is 60.7 Å². The second-order valence-electron chi connectivity index (χ2n) is 10.4. The number of nitrogens with one attached hydrogen (secondary N) is 2. The van der Waals surface area contributed by atoms with Crippen molar-refractivity contribution in [3.63, 3.8) is 0 Å². The van der Waals surface area contributed by atoms with Gasteiger partial charge in [0.1, 0.15) is 11.8 Å². The van der Waals surface area contributed by atoms with E-state index in [9.17, 15) is 18.0 Å². The molecule has 3 aromatic carbocycles. The lowest BCUT2D eigenvalue weighted by Crippen LogP contribution is -2.49. The molecule has 1 fully saturated rings. The Morgan fingerprint density at radius 1 is 0.950 bits per heavy atom. The maximum absolute atomic E-state index is 13.2. The van der Waals surface area contributed by atoms with E-state index in [-0.39, 0.29) is 17.4 Å². The lowest BCUT2D eigenvalue weighted by atomic mass is 10.1. The highest BCUT2D eigenvalue weighted by molar-refractivity contribution is 7.90. The Bertz CT molecular complexity index is 1530. The molecule has 0 spiro atoms. The first kappa shape index (κ1) is 27.5. The number of ether oxygens (including phenoxy) is 1. The van der Waals surface area contributed by atoms with Crippen molar-refractivity contribution in [1.29, 1.82) is 0 Å². The summed E-state index contributed by atoms with van der Waals surface area (Å²) in [7, 11) is -1.93. The molecule has 0 unspecified atom stereocenters. The summed E-state index contributed by atoms with van der Waals surface area (Å²) in [5, 5.41) is 5.86. The van der Waals surface area contributed by atoms with E-state index in [1.54, 1.807) is 25.3 Å². The van der Waals surface area contributed by atoms with E-state index in [4.69, 9.17) is 4.74 Å². The van der Waals surface area contributed by atoms with Gasteiger partial charge < -0.3 is 25.2 Å². The maximum atomic E-state index is 13.2. The molecule has 0 saturated carbocycles. The highest BCUT2D eigenvalue weighted by Crippen LogP contribution is 2.30. The smallest absolute Gasteiger partial charge is 0.254 e. The van der Waals surface area contributed by atoms with Crippen molar-refractivity contribution in [2.75, 3.05) is 54.6 Å². The molecule has 3 aromatic rings. The molecule has 210 valence electrons. The number of fused-ring (bicyclic) bond motifs is 1. The molecule has 0 bridgehead atoms. The highest BCUT2D eigenvalue weighted by Gasteiger charge is 2.31. The molecule has 0 aliphatic carbocycles. The van der Waals surface area contributed by atoms with E-state index >= 15 is 0 Å². The van der Waals surface area contributed by atoms with Crippen LogP contribution in [0.1, 0.15) is 27.0 Å². The Balaban J connectivity index is 1.21. The third-order valence-electron chi connectivity index (χ3n) is 7.48. The monoisotopic (exact) mass is 562 g/mol. The topological polar surface area (TPSA) is 108 Å². The van der Waals surface area contributed by atoms with Crippen LogP contribution < -0.4 is 20.3 Å². The molecule has 40 heavy (non-hydrogen) atoms. The number of hydrogen-bond donors (Lipinski definition) is 2. The van der Waals surface area contributed by atoms with E-state index in [1.807, 2.05) is 61.2 Å². The molecular formula is C30H34N4O5S. The first-order valence-corrected chi connectivity index (χ1v) is 15.1. The second kappa shape index (κ2) is 11.2. The summed E-state index contributed by atoms with van der Waals surface area (Å²) in [6.07, 6.45) is 0. The number of benzene rings is 3. The maximum Gasteiger partial charge on any atom is 0.254 e. The summed E-state index contributed by atoms with van der Waals surface area (Å²) in [4.78, 5) is 30.1. The number of sulfone groups is 1. The fourth-order valence-electron chi connectivity index (χ4n) is 5.15. The van der Waals surface area contributed by atoms with Crippen LogP contribution in [-0.2, 0) is 20.4 Å². The van der Waals surface area contributed by atoms with Gasteiger partial charge in [-0.2, -0.15) is 0 Å². The number of carbonyl (C=O) groups excluding carboxylic acids is 2. The molecule has 2 N–H and O–H groups in total. The zero-order valence-corrected chi connectivity index (χ0v) is 23.8. The normalized spacial score (nSPS) is 17.1. The zero-order valence-electron chi connectivity index (χ0n) is 22.9. The van der Waals surface area contributed by atoms with E-state index in [1.165, 1.54) is 0 Å². The Labute approximate surface area is 235 Å². The number of amides is 2. The Morgan fingerprint density at radius 2 is 1.68 bits per heavy atom. The predicted octanol–water partition coefficient (Wildman–Crippen LogP) is 3.62. The van der Waals surface area contributed by atoms with Gasteiger partial charge in [-0.1, -0.05) is 23.8 Å². The zero-order chi connectivity index (χ0) is 28.4. The third-order valence-corrected chi connectivity index (χ3v) is 9.07. The van der Waals surface area contributed by atoms with Crippen LogP contribution in [0.2, 0.25) is 0 Å². The summed E-state index contributed by atoms with van der Waals surface area (Å²) in [5.41, 5.74) is 5.25. The third kappa shape index (κ3) is 6.07. The fourth-order valence-corrected chi connectivity index (χ4v) is 6.79. The summed E-state index contributed by atoms with van der Waals surface area (Å²) in [5.74, 6) is -0.195. The molecule has 2 aliphatic heterocycles. The number of aryl methyl sites for hydroxylation is 2. The molecule has 10 heteroatoms. The summed E-state index contributed by atoms with van der Waals surface area (Å²) in [6, 6.07) is 17.8. The first-order chi connectivity index (χ1) is 19.1. The van der Waals surface area contributed by atoms with Gasteiger partial charge in [0.05, 0.1) is 30.0 Å². The number of piperazine rings is 1. The van der Waals surface area contributed by atoms with Crippen LogP contribution in [-0.4, -0.2) is 70.2 Å². The molecule has 0 radical (unpaired) electrons. The van der Waals surface area contributed by atoms with Gasteiger partial charge in [-0.05, 0) is 67.4 Å². The first-order valence-electron chi connectivity index (χ1n) is 13.3. The number of carbonyl (C=O) groups is 2. The van der Waals surface area contributed by atoms with Gasteiger partial charge in [0.25, 0.3) is 5.91 Å². The second-order valence-corrected chi connectivity index (χ2v) is 12.5. The van der Waals surface area contributed by atoms with Crippen LogP contribution in [0.25, 0.3) is 0 Å². The number of methoxy groups -OCH3 is 1. The van der Waals surface area contributed by atoms with Gasteiger partial charge in [-0.15, -0.1) is 0 Å². The highest BCUT2D eigenvalue weighted by atomic mass is 32.2. The van der Waals surface area contributed by atoms with Gasteiger partial charge in [-0.3, -0.25) is 9.59 Å². The largest absolute Gasteiger partial charge is 0.497 e. The molecule has 0 aromatic heterocycles.